The molecule has 5 aliphatic heterocycles. The largest absolute Gasteiger partial charge is 0.711 e. The van der Waals surface area contributed by atoms with Crippen molar-refractivity contribution in [1.29, 1.82) is 0 Å². The van der Waals surface area contributed by atoms with Gasteiger partial charge in [-0.05, 0) is 204 Å². The van der Waals surface area contributed by atoms with Crippen molar-refractivity contribution >= 4 is 76.8 Å². The minimum absolute atomic E-state index is 0.0309. The van der Waals surface area contributed by atoms with Gasteiger partial charge < -0.3 is 93.2 Å². The Hall–Kier alpha value is -14.8. The number of fused-ring (bicyclic) bond motifs is 5. The van der Waals surface area contributed by atoms with E-state index in [1.807, 2.05) is 147 Å². The number of esters is 4. The molecule has 5 atom stereocenters. The maximum atomic E-state index is 12.6. The average molecular weight is 1900 g/mol. The molecule has 9 heterocycles. The molecule has 5 unspecified atom stereocenters. The second kappa shape index (κ2) is 52.9. The molecule has 0 saturated heterocycles. The number of carbonyl (C=O) groups excluding carboxylic acids is 9. The van der Waals surface area contributed by atoms with Gasteiger partial charge in [0.2, 0.25) is 29.5 Å². The van der Waals surface area contributed by atoms with Gasteiger partial charge in [0.05, 0.1) is 136 Å². The first-order valence-corrected chi connectivity index (χ1v) is 45.9. The minimum Gasteiger partial charge on any atom is -0.711 e. The molecule has 5 aliphatic rings. The van der Waals surface area contributed by atoms with Crippen molar-refractivity contribution in [2.45, 2.75) is 123 Å². The van der Waals surface area contributed by atoms with Gasteiger partial charge in [-0.25, -0.2) is 14.7 Å². The van der Waals surface area contributed by atoms with Crippen molar-refractivity contribution in [3.05, 3.63) is 255 Å². The van der Waals surface area contributed by atoms with Crippen molar-refractivity contribution in [1.82, 2.24) is 39.6 Å². The highest BCUT2D eigenvalue weighted by atomic mass is 16.5. The number of rotatable bonds is 33. The van der Waals surface area contributed by atoms with Gasteiger partial charge in [0.1, 0.15) is 40.4 Å². The summed E-state index contributed by atoms with van der Waals surface area (Å²) in [5, 5.41) is 42.9. The van der Waals surface area contributed by atoms with E-state index in [1.54, 1.807) is 103 Å². The maximum absolute atomic E-state index is 12.6. The lowest BCUT2D eigenvalue weighted by Crippen LogP contribution is -2.36. The highest BCUT2D eigenvalue weighted by Crippen LogP contribution is 2.34. The molecule has 0 fully saturated rings. The van der Waals surface area contributed by atoms with E-state index in [0.717, 1.165) is 132 Å². The quantitative estimate of drug-likeness (QED) is 0.00742. The Bertz CT molecular complexity index is 5690. The standard InChI is InChI=1S/C23H29N3O5.C23H29N3O4.C22H27N3O4.C21H25N3O5.C14H17NO4/c1-24(21-7-4-5-11-26(21)29)10-6-12-31-20-9-8-17-13-18(15-22(27)30-3)23(28)25(2)16-19(17)14-20;1-25(21-7-4-5-10-24-21)11-6-12-30-20-9-8-17-13-18(15-22(27)29-3)23(28)26(2)16-19(17)14-20;1-24(20-6-3-4-9-23-20)10-5-11-29-19-8-7-16-12-17(14-21(26)27)22(28)25(2)15-18(16)13-19;1-28-20(25)13-16-11-15-6-7-18(12-17(15)14-23-21(16)26)29-10-4-8-22-19-5-2-3-9-24(19)27;1-15-8-11-6-12(16)4-3-9(11)5-10(14(15)18)7-13(17)19-2/h4-5,7-9,11,14,18H,6,10,12-13,15-16H2,1-3H3;4-5,7-10,14,18H,6,11-13,15-16H2,1-3H3;3-4,6-9,13,17H,5,10-12,14-15H2,1-2H3,(H,26,27);2-3,5-7,9,12,16,27H,4,8,10-11,13-14H2,1H3,(H,23,26);3-4,6,10,16H,5,7-8H2,1-2H3. The number of carbonyl (C=O) groups is 10. The topological polar surface area (TPSA) is 410 Å². The number of hydrogen-bond donors (Lipinski definition) is 4. The van der Waals surface area contributed by atoms with Gasteiger partial charge in [-0.3, -0.25) is 57.8 Å². The zero-order valence-corrected chi connectivity index (χ0v) is 80.3. The summed E-state index contributed by atoms with van der Waals surface area (Å²) in [5.74, 6) is 0.663. The molecule has 5 amide bonds. The predicted octanol–water partition coefficient (Wildman–Crippen LogP) is 9.72. The Morgan fingerprint density at radius 2 is 0.790 bits per heavy atom. The number of hydrogen-bond acceptors (Lipinski definition) is 27. The van der Waals surface area contributed by atoms with Crippen LogP contribution in [-0.4, -0.2) is 239 Å². The molecule has 35 heteroatoms. The van der Waals surface area contributed by atoms with Crippen LogP contribution in [-0.2, 0) is 132 Å². The average Bonchev–Trinajstić information content (AvgIpc) is 1.69. The van der Waals surface area contributed by atoms with Crippen LogP contribution in [0, 0.1) is 34.8 Å². The van der Waals surface area contributed by atoms with Gasteiger partial charge in [-0.1, -0.05) is 54.6 Å². The first kappa shape index (κ1) is 105. The van der Waals surface area contributed by atoms with Crippen LogP contribution in [0.2, 0.25) is 0 Å². The molecule has 0 aliphatic carbocycles. The van der Waals surface area contributed by atoms with E-state index in [0.29, 0.717) is 122 Å². The monoisotopic (exact) mass is 1900 g/mol. The molecule has 736 valence electrons. The molecule has 0 bridgehead atoms. The highest BCUT2D eigenvalue weighted by molar-refractivity contribution is 5.88. The second-order valence-electron chi connectivity index (χ2n) is 34.5. The number of nitrogens with one attached hydrogen (secondary N) is 1. The van der Waals surface area contributed by atoms with Gasteiger partial charge >= 0.3 is 29.8 Å². The molecule has 0 spiro atoms. The number of benzene rings is 5. The number of amides is 5. The van der Waals surface area contributed by atoms with E-state index in [2.05, 4.69) is 39.6 Å². The second-order valence-corrected chi connectivity index (χ2v) is 34.5. The Balaban J connectivity index is 0.000000179. The molecule has 0 saturated carbocycles. The Kier molecular flexibility index (Phi) is 40.4. The Morgan fingerprint density at radius 3 is 1.18 bits per heavy atom. The van der Waals surface area contributed by atoms with Crippen LogP contribution in [0.5, 0.6) is 28.7 Å². The number of nitrogens with zero attached hydrogens (tertiary/aromatic N) is 12. The lowest BCUT2D eigenvalue weighted by atomic mass is 9.94. The highest BCUT2D eigenvalue weighted by Gasteiger charge is 2.35. The summed E-state index contributed by atoms with van der Waals surface area (Å²) in [7, 11) is 18.2. The fourth-order valence-electron chi connectivity index (χ4n) is 16.6. The van der Waals surface area contributed by atoms with Gasteiger partial charge in [-0.2, -0.15) is 4.73 Å². The predicted molar refractivity (Wildman–Crippen MR) is 513 cm³/mol. The van der Waals surface area contributed by atoms with Gasteiger partial charge in [0.15, 0.2) is 5.49 Å². The number of aromatic nitrogens is 4. The SMILES string of the molecule is CN1Cc2cc(OCCCN(C)c3ccccn3)ccc2CC(CC(=O)O)C1=O.COC(=O)CC1Cc2ccc(O)cc2CN(C)C1=O.COC(=O)CC1Cc2ccc(OCCCN(C)c3cccc[n+]3[O-])cc2CN(C)C1=O.COC(=O)CC1Cc2ccc(OCCCN(C)c3ccccn3)cc2CN(C)C1=O.COC(=O)CC1Cc2ccc(OCCCN=c3ccccn3O)cc2CNC1=O. The third-order valence-electron chi connectivity index (χ3n) is 24.2. The number of phenolic OH excluding ortho intramolecular Hbond substituents is 1. The zero-order chi connectivity index (χ0) is 99.3. The van der Waals surface area contributed by atoms with Crippen LogP contribution < -0.4 is 49.2 Å². The van der Waals surface area contributed by atoms with E-state index in [4.69, 9.17) is 33.5 Å². The van der Waals surface area contributed by atoms with Crippen molar-refractivity contribution in [3.8, 4) is 28.7 Å². The van der Waals surface area contributed by atoms with Gasteiger partial charge in [0, 0.05) is 132 Å². The van der Waals surface area contributed by atoms with Crippen LogP contribution in [0.25, 0.3) is 0 Å². The number of methoxy groups -OCH3 is 4. The molecule has 138 heavy (non-hydrogen) atoms. The fourth-order valence-corrected chi connectivity index (χ4v) is 16.6. The molecule has 5 aromatic carbocycles. The summed E-state index contributed by atoms with van der Waals surface area (Å²) in [6.45, 7) is 7.34. The number of pyridine rings is 4. The maximum Gasteiger partial charge on any atom is 0.306 e. The first-order chi connectivity index (χ1) is 66.4. The van der Waals surface area contributed by atoms with Crippen molar-refractivity contribution < 1.29 is 106 Å². The van der Waals surface area contributed by atoms with E-state index >= 15 is 0 Å². The third-order valence-corrected chi connectivity index (χ3v) is 24.2. The zero-order valence-electron chi connectivity index (χ0n) is 80.3. The number of aromatic hydroxyl groups is 1. The summed E-state index contributed by atoms with van der Waals surface area (Å²) >= 11 is 0. The smallest absolute Gasteiger partial charge is 0.306 e. The van der Waals surface area contributed by atoms with Crippen LogP contribution in [0.4, 0.5) is 17.5 Å². The Morgan fingerprint density at radius 1 is 0.435 bits per heavy atom. The molecule has 35 nitrogen and oxygen atoms in total. The number of anilines is 3. The van der Waals surface area contributed by atoms with Crippen molar-refractivity contribution in [3.63, 3.8) is 0 Å². The summed E-state index contributed by atoms with van der Waals surface area (Å²) in [4.78, 5) is 145. The van der Waals surface area contributed by atoms with Crippen LogP contribution in [0.1, 0.15) is 113 Å². The van der Waals surface area contributed by atoms with Crippen LogP contribution >= 0.6 is 0 Å². The fraction of sp³-hybridized carbons (Fsp3) is 0.417. The molecule has 4 aromatic heterocycles. The van der Waals surface area contributed by atoms with Crippen LogP contribution in [0.15, 0.2) is 194 Å². The number of carboxylic acids is 1. The normalized spacial score (nSPS) is 16.4. The summed E-state index contributed by atoms with van der Waals surface area (Å²) in [5.41, 5.74) is 10.6. The first-order valence-electron chi connectivity index (χ1n) is 45.9. The minimum atomic E-state index is -0.948. The summed E-state index contributed by atoms with van der Waals surface area (Å²) < 4.78 is 44.2. The van der Waals surface area contributed by atoms with Crippen molar-refractivity contribution in [2.24, 2.45) is 34.6 Å². The summed E-state index contributed by atoms with van der Waals surface area (Å²) in [6.07, 6.45) is 12.4. The lowest BCUT2D eigenvalue weighted by Gasteiger charge is -2.19. The van der Waals surface area contributed by atoms with Gasteiger partial charge in [-0.15, -0.1) is 0 Å². The number of aliphatic carboxylic acids is 1. The molecule has 9 aromatic rings. The Labute approximate surface area is 804 Å². The number of ether oxygens (including phenoxy) is 8. The van der Waals surface area contributed by atoms with Crippen molar-refractivity contribution in [2.75, 3.05) is 145 Å². The molecule has 14 rings (SSSR count). The summed E-state index contributed by atoms with van der Waals surface area (Å²) in [6, 6.07) is 50.7. The van der Waals surface area contributed by atoms with E-state index in [9.17, 15) is 63.5 Å². The lowest BCUT2D eigenvalue weighted by molar-refractivity contribution is -0.592. The molecular formula is C103H127N13O22. The van der Waals surface area contributed by atoms with Gasteiger partial charge in [0.25, 0.3) is 5.82 Å². The number of phenols is 1. The molecule has 4 N–H and O–H groups in total. The third kappa shape index (κ3) is 31.9. The molecule has 0 radical (unpaired) electrons. The van der Waals surface area contributed by atoms with E-state index < -0.39 is 35.6 Å². The van der Waals surface area contributed by atoms with Crippen LogP contribution in [0.3, 0.4) is 0 Å². The number of carboxylic acid groups (broad SMARTS) is 1. The molecular weight excluding hydrogens is 1770 g/mol. The van der Waals surface area contributed by atoms with E-state index in [1.165, 1.54) is 40.8 Å². The van der Waals surface area contributed by atoms with E-state index in [-0.39, 0.29) is 91.3 Å².